The van der Waals surface area contributed by atoms with Gasteiger partial charge < -0.3 is 15.8 Å². The smallest absolute Gasteiger partial charge is 0.225 e. The third kappa shape index (κ3) is 3.08. The average molecular weight is 196 g/mol. The van der Waals surface area contributed by atoms with Gasteiger partial charge in [0.2, 0.25) is 11.8 Å². The topological polar surface area (TPSA) is 73.1 Å². The molecule has 0 saturated heterocycles. The first-order chi connectivity index (χ1) is 6.40. The normalized spacial score (nSPS) is 11.1. The summed E-state index contributed by atoms with van der Waals surface area (Å²) in [5, 5.41) is 3.19. The van der Waals surface area contributed by atoms with Crippen LogP contribution in [0.5, 0.6) is 5.88 Å². The van der Waals surface area contributed by atoms with E-state index in [0.717, 1.165) is 0 Å². The highest BCUT2D eigenvalue weighted by atomic mass is 16.5. The lowest BCUT2D eigenvalue weighted by Gasteiger charge is -2.21. The Morgan fingerprint density at radius 1 is 1.36 bits per heavy atom. The number of nitrogens with one attached hydrogen (secondary N) is 1. The zero-order chi connectivity index (χ0) is 10.8. The first kappa shape index (κ1) is 10.6. The largest absolute Gasteiger partial charge is 0.481 e. The molecular formula is C9H16N4O. The highest BCUT2D eigenvalue weighted by molar-refractivity contribution is 5.44. The van der Waals surface area contributed by atoms with E-state index in [9.17, 15) is 0 Å². The van der Waals surface area contributed by atoms with Gasteiger partial charge in [-0.15, -0.1) is 0 Å². The summed E-state index contributed by atoms with van der Waals surface area (Å²) in [6, 6.07) is 1.71. The molecule has 0 amide bonds. The van der Waals surface area contributed by atoms with Crippen LogP contribution >= 0.6 is 0 Å². The van der Waals surface area contributed by atoms with E-state index >= 15 is 0 Å². The molecule has 0 saturated carbocycles. The lowest BCUT2D eigenvalue weighted by molar-refractivity contribution is 0.398. The fourth-order valence-corrected chi connectivity index (χ4v) is 0.996. The maximum Gasteiger partial charge on any atom is 0.225 e. The molecule has 1 aromatic rings. The molecule has 1 rings (SSSR count). The summed E-state index contributed by atoms with van der Waals surface area (Å²) < 4.78 is 4.98. The molecule has 0 aliphatic carbocycles. The predicted octanol–water partition coefficient (Wildman–Crippen LogP) is 1.28. The van der Waals surface area contributed by atoms with Crippen LogP contribution in [-0.4, -0.2) is 22.6 Å². The molecule has 1 heterocycles. The Morgan fingerprint density at radius 2 is 2.00 bits per heavy atom. The van der Waals surface area contributed by atoms with Gasteiger partial charge in [-0.2, -0.15) is 9.97 Å². The van der Waals surface area contributed by atoms with Gasteiger partial charge in [0.15, 0.2) is 0 Å². The number of rotatable bonds is 2. The molecule has 0 bridgehead atoms. The molecule has 78 valence electrons. The third-order valence-corrected chi connectivity index (χ3v) is 1.43. The van der Waals surface area contributed by atoms with Crippen molar-refractivity contribution in [3.8, 4) is 5.88 Å². The Bertz CT molecular complexity index is 319. The van der Waals surface area contributed by atoms with Gasteiger partial charge in [-0.05, 0) is 20.8 Å². The second-order valence-corrected chi connectivity index (χ2v) is 4.03. The van der Waals surface area contributed by atoms with Gasteiger partial charge in [-0.1, -0.05) is 0 Å². The predicted molar refractivity (Wildman–Crippen MR) is 56.4 cm³/mol. The minimum atomic E-state index is -0.0637. The number of hydrogen-bond acceptors (Lipinski definition) is 5. The molecule has 5 heteroatoms. The zero-order valence-electron chi connectivity index (χ0n) is 8.96. The number of aromatic nitrogens is 2. The van der Waals surface area contributed by atoms with Gasteiger partial charge in [0, 0.05) is 11.6 Å². The van der Waals surface area contributed by atoms with Crippen LogP contribution in [0.3, 0.4) is 0 Å². The Balaban J connectivity index is 2.92. The molecular weight excluding hydrogens is 180 g/mol. The molecule has 0 unspecified atom stereocenters. The molecule has 0 radical (unpaired) electrons. The SMILES string of the molecule is COc1cc(NC(C)(C)C)nc(N)n1. The molecule has 0 aliphatic heterocycles. The van der Waals surface area contributed by atoms with Crippen molar-refractivity contribution < 1.29 is 4.74 Å². The van der Waals surface area contributed by atoms with Crippen molar-refractivity contribution in [3.05, 3.63) is 6.07 Å². The molecule has 3 N–H and O–H groups in total. The number of methoxy groups -OCH3 is 1. The van der Waals surface area contributed by atoms with Crippen molar-refractivity contribution in [2.75, 3.05) is 18.2 Å². The van der Waals surface area contributed by atoms with Crippen molar-refractivity contribution in [2.24, 2.45) is 0 Å². The van der Waals surface area contributed by atoms with E-state index in [1.165, 1.54) is 0 Å². The van der Waals surface area contributed by atoms with Crippen molar-refractivity contribution in [1.82, 2.24) is 9.97 Å². The Hall–Kier alpha value is -1.52. The quantitative estimate of drug-likeness (QED) is 0.745. The molecule has 0 aromatic carbocycles. The first-order valence-corrected chi connectivity index (χ1v) is 4.37. The average Bonchev–Trinajstić information content (AvgIpc) is 1.99. The number of nitrogens with zero attached hydrogens (tertiary/aromatic N) is 2. The Labute approximate surface area is 83.7 Å². The van der Waals surface area contributed by atoms with Gasteiger partial charge in [0.05, 0.1) is 7.11 Å². The maximum atomic E-state index is 5.51. The van der Waals surface area contributed by atoms with E-state index in [4.69, 9.17) is 10.5 Å². The lowest BCUT2D eigenvalue weighted by atomic mass is 10.1. The van der Waals surface area contributed by atoms with E-state index in [1.54, 1.807) is 13.2 Å². The second kappa shape index (κ2) is 3.69. The van der Waals surface area contributed by atoms with Crippen LogP contribution in [0.25, 0.3) is 0 Å². The summed E-state index contributed by atoms with van der Waals surface area (Å²) in [7, 11) is 1.54. The molecule has 0 aliphatic rings. The first-order valence-electron chi connectivity index (χ1n) is 4.37. The van der Waals surface area contributed by atoms with Gasteiger partial charge in [-0.25, -0.2) is 0 Å². The molecule has 1 aromatic heterocycles. The van der Waals surface area contributed by atoms with E-state index in [2.05, 4.69) is 15.3 Å². The van der Waals surface area contributed by atoms with Crippen molar-refractivity contribution in [3.63, 3.8) is 0 Å². The van der Waals surface area contributed by atoms with E-state index in [1.807, 2.05) is 20.8 Å². The van der Waals surface area contributed by atoms with Crippen LogP contribution < -0.4 is 15.8 Å². The molecule has 0 spiro atoms. The van der Waals surface area contributed by atoms with Gasteiger partial charge >= 0.3 is 0 Å². The van der Waals surface area contributed by atoms with Crippen LogP contribution in [-0.2, 0) is 0 Å². The minimum absolute atomic E-state index is 0.0637. The third-order valence-electron chi connectivity index (χ3n) is 1.43. The number of hydrogen-bond donors (Lipinski definition) is 2. The van der Waals surface area contributed by atoms with Gasteiger partial charge in [0.25, 0.3) is 0 Å². The number of anilines is 2. The highest BCUT2D eigenvalue weighted by Crippen LogP contribution is 2.17. The summed E-state index contributed by atoms with van der Waals surface area (Å²) in [4.78, 5) is 7.93. The van der Waals surface area contributed by atoms with E-state index in [-0.39, 0.29) is 11.5 Å². The number of ether oxygens (including phenoxy) is 1. The molecule has 0 atom stereocenters. The standard InChI is InChI=1S/C9H16N4O/c1-9(2,3)13-6-5-7(14-4)12-8(10)11-6/h5H,1-4H3,(H3,10,11,12,13). The van der Waals surface area contributed by atoms with Gasteiger partial charge in [-0.3, -0.25) is 0 Å². The summed E-state index contributed by atoms with van der Waals surface area (Å²) in [6.07, 6.45) is 0. The zero-order valence-corrected chi connectivity index (χ0v) is 8.96. The Kier molecular flexibility index (Phi) is 2.78. The van der Waals surface area contributed by atoms with Crippen LogP contribution in [0, 0.1) is 0 Å². The molecule has 14 heavy (non-hydrogen) atoms. The summed E-state index contributed by atoms with van der Waals surface area (Å²) in [5.74, 6) is 1.34. The number of nitrogen functional groups attached to an aromatic ring is 1. The lowest BCUT2D eigenvalue weighted by Crippen LogP contribution is -2.26. The second-order valence-electron chi connectivity index (χ2n) is 4.03. The summed E-state index contributed by atoms with van der Waals surface area (Å²) >= 11 is 0. The van der Waals surface area contributed by atoms with Crippen LogP contribution in [0.1, 0.15) is 20.8 Å². The van der Waals surface area contributed by atoms with E-state index < -0.39 is 0 Å². The summed E-state index contributed by atoms with van der Waals surface area (Å²) in [5.41, 5.74) is 5.45. The highest BCUT2D eigenvalue weighted by Gasteiger charge is 2.11. The van der Waals surface area contributed by atoms with Crippen molar-refractivity contribution in [1.29, 1.82) is 0 Å². The van der Waals surface area contributed by atoms with Crippen molar-refractivity contribution >= 4 is 11.8 Å². The molecule has 0 fully saturated rings. The van der Waals surface area contributed by atoms with E-state index in [0.29, 0.717) is 11.7 Å². The summed E-state index contributed by atoms with van der Waals surface area (Å²) in [6.45, 7) is 6.12. The van der Waals surface area contributed by atoms with Crippen LogP contribution in [0.4, 0.5) is 11.8 Å². The van der Waals surface area contributed by atoms with Gasteiger partial charge in [0.1, 0.15) is 5.82 Å². The molecule has 5 nitrogen and oxygen atoms in total. The fraction of sp³-hybridized carbons (Fsp3) is 0.556. The minimum Gasteiger partial charge on any atom is -0.481 e. The van der Waals surface area contributed by atoms with Crippen LogP contribution in [0.15, 0.2) is 6.07 Å². The monoisotopic (exact) mass is 196 g/mol. The Morgan fingerprint density at radius 3 is 2.50 bits per heavy atom. The number of nitrogens with two attached hydrogens (primary N) is 1. The van der Waals surface area contributed by atoms with Crippen LogP contribution in [0.2, 0.25) is 0 Å². The van der Waals surface area contributed by atoms with Crippen molar-refractivity contribution in [2.45, 2.75) is 26.3 Å². The fourth-order valence-electron chi connectivity index (χ4n) is 0.996. The maximum absolute atomic E-state index is 5.51.